The van der Waals surface area contributed by atoms with Gasteiger partial charge in [-0.3, -0.25) is 4.90 Å². The van der Waals surface area contributed by atoms with Crippen molar-refractivity contribution in [3.63, 3.8) is 0 Å². The van der Waals surface area contributed by atoms with Crippen molar-refractivity contribution in [3.8, 4) is 0 Å². The Kier molecular flexibility index (Phi) is 4.07. The van der Waals surface area contributed by atoms with Crippen LogP contribution in [0.1, 0.15) is 54.4 Å². The molecule has 0 aromatic rings. The summed E-state index contributed by atoms with van der Waals surface area (Å²) in [5.41, 5.74) is 0.629. The van der Waals surface area contributed by atoms with Crippen molar-refractivity contribution in [1.29, 1.82) is 0 Å². The summed E-state index contributed by atoms with van der Waals surface area (Å²) < 4.78 is 0. The zero-order valence-corrected chi connectivity index (χ0v) is 12.3. The van der Waals surface area contributed by atoms with Crippen molar-refractivity contribution in [2.45, 2.75) is 71.5 Å². The van der Waals surface area contributed by atoms with Gasteiger partial charge in [-0.2, -0.15) is 0 Å². The monoisotopic (exact) mass is 226 g/mol. The fraction of sp³-hybridized carbons (Fsp3) is 1.00. The van der Waals surface area contributed by atoms with Crippen molar-refractivity contribution < 1.29 is 0 Å². The molecule has 0 N–H and O–H groups in total. The normalized spacial score (nSPS) is 26.2. The Morgan fingerprint density at radius 1 is 1.00 bits per heavy atom. The molecule has 0 saturated carbocycles. The Balaban J connectivity index is 2.86. The molecule has 0 amide bonds. The van der Waals surface area contributed by atoms with E-state index in [-0.39, 0.29) is 0 Å². The van der Waals surface area contributed by atoms with Crippen LogP contribution >= 0.6 is 0 Å². The Morgan fingerprint density at radius 2 is 1.38 bits per heavy atom. The minimum Gasteiger partial charge on any atom is -0.301 e. The highest BCUT2D eigenvalue weighted by Crippen LogP contribution is 2.38. The fourth-order valence-corrected chi connectivity index (χ4v) is 3.32. The van der Waals surface area contributed by atoms with E-state index in [2.05, 4.69) is 58.4 Å². The van der Waals surface area contributed by atoms with Crippen molar-refractivity contribution >= 4 is 0 Å². The molecule has 0 aliphatic carbocycles. The van der Waals surface area contributed by atoms with Gasteiger partial charge in [0.1, 0.15) is 0 Å². The molecule has 1 heterocycles. The molecule has 16 heavy (non-hydrogen) atoms. The lowest BCUT2D eigenvalue weighted by Crippen LogP contribution is -2.62. The van der Waals surface area contributed by atoms with E-state index in [1.54, 1.807) is 0 Å². The summed E-state index contributed by atoms with van der Waals surface area (Å²) in [6, 6.07) is 0.746. The van der Waals surface area contributed by atoms with Gasteiger partial charge in [0.05, 0.1) is 0 Å². The molecule has 1 fully saturated rings. The molecule has 0 atom stereocenters. The summed E-state index contributed by atoms with van der Waals surface area (Å²) in [4.78, 5) is 5.18. The third kappa shape index (κ3) is 2.60. The van der Waals surface area contributed by atoms with Gasteiger partial charge in [0.15, 0.2) is 0 Å². The Labute approximate surface area is 102 Å². The van der Waals surface area contributed by atoms with Gasteiger partial charge in [-0.1, -0.05) is 13.8 Å². The van der Waals surface area contributed by atoms with Crippen molar-refractivity contribution in [3.05, 3.63) is 0 Å². The molecule has 2 nitrogen and oxygen atoms in total. The van der Waals surface area contributed by atoms with E-state index >= 15 is 0 Å². The van der Waals surface area contributed by atoms with Crippen LogP contribution in [0, 0.1) is 0 Å². The van der Waals surface area contributed by atoms with E-state index in [1.807, 2.05) is 0 Å². The summed E-state index contributed by atoms with van der Waals surface area (Å²) in [6.45, 7) is 16.4. The highest BCUT2D eigenvalue weighted by atomic mass is 15.3. The molecule has 0 spiro atoms. The molecule has 0 aromatic heterocycles. The maximum absolute atomic E-state index is 2.62. The maximum atomic E-state index is 2.62. The van der Waals surface area contributed by atoms with Gasteiger partial charge >= 0.3 is 0 Å². The van der Waals surface area contributed by atoms with Gasteiger partial charge in [0.2, 0.25) is 0 Å². The number of hydrogen-bond donors (Lipinski definition) is 0. The quantitative estimate of drug-likeness (QED) is 0.730. The first kappa shape index (κ1) is 14.0. The predicted octanol–water partition coefficient (Wildman–Crippen LogP) is 2.98. The average molecular weight is 226 g/mol. The summed E-state index contributed by atoms with van der Waals surface area (Å²) in [7, 11) is 2.28. The lowest BCUT2D eigenvalue weighted by Gasteiger charge is -2.55. The van der Waals surface area contributed by atoms with Crippen LogP contribution in [0.15, 0.2) is 0 Å². The minimum absolute atomic E-state index is 0.314. The first-order chi connectivity index (χ1) is 7.24. The number of piperidine rings is 1. The SMILES string of the molecule is CCN(CC)C1CC(C)(C)N(C)C(C)(C)C1. The Morgan fingerprint density at radius 3 is 1.69 bits per heavy atom. The van der Waals surface area contributed by atoms with Crippen LogP contribution in [0.4, 0.5) is 0 Å². The minimum atomic E-state index is 0.314. The van der Waals surface area contributed by atoms with E-state index in [9.17, 15) is 0 Å². The van der Waals surface area contributed by atoms with Crippen LogP contribution in [0.5, 0.6) is 0 Å². The Bertz CT molecular complexity index is 211. The molecule has 1 aliphatic rings. The van der Waals surface area contributed by atoms with Gasteiger partial charge < -0.3 is 4.90 Å². The van der Waals surface area contributed by atoms with E-state index in [0.29, 0.717) is 11.1 Å². The van der Waals surface area contributed by atoms with Gasteiger partial charge in [-0.15, -0.1) is 0 Å². The van der Waals surface area contributed by atoms with Crippen molar-refractivity contribution in [2.24, 2.45) is 0 Å². The van der Waals surface area contributed by atoms with Crippen LogP contribution in [0.3, 0.4) is 0 Å². The number of likely N-dealkylation sites (tertiary alicyclic amines) is 1. The topological polar surface area (TPSA) is 6.48 Å². The third-order valence-electron chi connectivity index (χ3n) is 4.62. The molecule has 1 aliphatic heterocycles. The molecular weight excluding hydrogens is 196 g/mol. The summed E-state index contributed by atoms with van der Waals surface area (Å²) in [6.07, 6.45) is 2.57. The molecule has 0 radical (unpaired) electrons. The van der Waals surface area contributed by atoms with E-state index < -0.39 is 0 Å². The summed E-state index contributed by atoms with van der Waals surface area (Å²) >= 11 is 0. The second-order valence-electron chi connectivity index (χ2n) is 6.47. The number of nitrogens with zero attached hydrogens (tertiary/aromatic N) is 2. The molecule has 1 rings (SSSR count). The second-order valence-corrected chi connectivity index (χ2v) is 6.47. The molecule has 0 aromatic carbocycles. The van der Waals surface area contributed by atoms with Crippen molar-refractivity contribution in [1.82, 2.24) is 9.80 Å². The summed E-state index contributed by atoms with van der Waals surface area (Å²) in [5, 5.41) is 0. The van der Waals surface area contributed by atoms with Gasteiger partial charge in [-0.05, 0) is 60.7 Å². The molecule has 0 unspecified atom stereocenters. The van der Waals surface area contributed by atoms with Gasteiger partial charge in [0, 0.05) is 17.1 Å². The fourth-order valence-electron chi connectivity index (χ4n) is 3.32. The smallest absolute Gasteiger partial charge is 0.0170 e. The first-order valence-electron chi connectivity index (χ1n) is 6.72. The highest BCUT2D eigenvalue weighted by Gasteiger charge is 2.44. The van der Waals surface area contributed by atoms with E-state index in [0.717, 1.165) is 6.04 Å². The van der Waals surface area contributed by atoms with Crippen molar-refractivity contribution in [2.75, 3.05) is 20.1 Å². The average Bonchev–Trinajstić information content (AvgIpc) is 2.15. The van der Waals surface area contributed by atoms with E-state index in [4.69, 9.17) is 0 Å². The lowest BCUT2D eigenvalue weighted by molar-refractivity contribution is -0.0455. The first-order valence-corrected chi connectivity index (χ1v) is 6.72. The lowest BCUT2D eigenvalue weighted by atomic mass is 9.77. The molecule has 0 bridgehead atoms. The van der Waals surface area contributed by atoms with Gasteiger partial charge in [-0.25, -0.2) is 0 Å². The third-order valence-corrected chi connectivity index (χ3v) is 4.62. The maximum Gasteiger partial charge on any atom is 0.0170 e. The highest BCUT2D eigenvalue weighted by molar-refractivity contribution is 5.01. The van der Waals surface area contributed by atoms with Crippen LogP contribution < -0.4 is 0 Å². The molecule has 96 valence electrons. The van der Waals surface area contributed by atoms with Crippen LogP contribution in [0.25, 0.3) is 0 Å². The van der Waals surface area contributed by atoms with Gasteiger partial charge in [0.25, 0.3) is 0 Å². The van der Waals surface area contributed by atoms with E-state index in [1.165, 1.54) is 25.9 Å². The molecule has 1 saturated heterocycles. The zero-order valence-electron chi connectivity index (χ0n) is 12.3. The zero-order chi connectivity index (χ0) is 12.6. The largest absolute Gasteiger partial charge is 0.301 e. The van der Waals surface area contributed by atoms with Crippen LogP contribution in [-0.4, -0.2) is 47.1 Å². The molecular formula is C14H30N2. The molecule has 2 heteroatoms. The predicted molar refractivity (Wildman–Crippen MR) is 71.9 cm³/mol. The number of hydrogen-bond acceptors (Lipinski definition) is 2. The number of rotatable bonds is 3. The van der Waals surface area contributed by atoms with Crippen LogP contribution in [0.2, 0.25) is 0 Å². The standard InChI is InChI=1S/C14H30N2/c1-8-16(9-2)12-10-13(3,4)15(7)14(5,6)11-12/h12H,8-11H2,1-7H3. The summed E-state index contributed by atoms with van der Waals surface area (Å²) in [5.74, 6) is 0. The second kappa shape index (κ2) is 4.66. The van der Waals surface area contributed by atoms with Crippen LogP contribution in [-0.2, 0) is 0 Å². The Hall–Kier alpha value is -0.0800.